The lowest BCUT2D eigenvalue weighted by Crippen LogP contribution is -2.09. The fraction of sp³-hybridized carbons (Fsp3) is 0.118. The van der Waals surface area contributed by atoms with Crippen molar-refractivity contribution in [2.24, 2.45) is 0 Å². The molecule has 0 aliphatic heterocycles. The summed E-state index contributed by atoms with van der Waals surface area (Å²) < 4.78 is 33.7. The van der Waals surface area contributed by atoms with Crippen molar-refractivity contribution in [3.63, 3.8) is 0 Å². The Hall–Kier alpha value is -2.20. The maximum absolute atomic E-state index is 14.1. The monoisotopic (exact) mass is 319 g/mol. The van der Waals surface area contributed by atoms with Gasteiger partial charge in [0.1, 0.15) is 23.2 Å². The summed E-state index contributed by atoms with van der Waals surface area (Å²) in [5.74, 6) is -1.03. The molecule has 2 aromatic carbocycles. The molecule has 0 radical (unpaired) electrons. The Labute approximate surface area is 131 Å². The predicted molar refractivity (Wildman–Crippen MR) is 82.2 cm³/mol. The maximum atomic E-state index is 14.1. The van der Waals surface area contributed by atoms with E-state index in [1.807, 2.05) is 18.2 Å². The van der Waals surface area contributed by atoms with Crippen molar-refractivity contribution in [2.75, 3.05) is 0 Å². The van der Waals surface area contributed by atoms with Crippen LogP contribution in [0.4, 0.5) is 8.78 Å². The molecule has 0 aliphatic carbocycles. The van der Waals surface area contributed by atoms with Gasteiger partial charge in [-0.05, 0) is 31.2 Å². The zero-order chi connectivity index (χ0) is 15.7. The Morgan fingerprint density at radius 3 is 2.68 bits per heavy atom. The predicted octanol–water partition coefficient (Wildman–Crippen LogP) is 5.31. The van der Waals surface area contributed by atoms with Crippen molar-refractivity contribution in [1.82, 2.24) is 4.98 Å². The molecule has 3 aromatic rings. The highest BCUT2D eigenvalue weighted by molar-refractivity contribution is 6.30. The van der Waals surface area contributed by atoms with Gasteiger partial charge in [0.15, 0.2) is 5.82 Å². The van der Waals surface area contributed by atoms with E-state index in [1.54, 1.807) is 25.3 Å². The van der Waals surface area contributed by atoms with Gasteiger partial charge in [-0.3, -0.25) is 4.98 Å². The number of halogens is 3. The van der Waals surface area contributed by atoms with Gasteiger partial charge in [-0.1, -0.05) is 29.8 Å². The number of para-hydroxylation sites is 1. The van der Waals surface area contributed by atoms with Crippen LogP contribution in [0.1, 0.15) is 18.6 Å². The normalized spacial score (nSPS) is 12.4. The maximum Gasteiger partial charge on any atom is 0.151 e. The van der Waals surface area contributed by atoms with Gasteiger partial charge in [0, 0.05) is 11.6 Å². The molecule has 0 fully saturated rings. The van der Waals surface area contributed by atoms with Gasteiger partial charge in [-0.2, -0.15) is 0 Å². The number of rotatable bonds is 3. The largest absolute Gasteiger partial charge is 0.484 e. The molecule has 0 saturated carbocycles. The molecule has 1 heterocycles. The molecular formula is C17H12ClF2NO. The average Bonchev–Trinajstić information content (AvgIpc) is 2.52. The van der Waals surface area contributed by atoms with Crippen LogP contribution in [0.3, 0.4) is 0 Å². The fourth-order valence-corrected chi connectivity index (χ4v) is 2.50. The third-order valence-corrected chi connectivity index (χ3v) is 3.68. The van der Waals surface area contributed by atoms with Crippen molar-refractivity contribution in [3.8, 4) is 5.75 Å². The number of nitrogens with zero attached hydrogens (tertiary/aromatic N) is 1. The number of hydrogen-bond donors (Lipinski definition) is 0. The van der Waals surface area contributed by atoms with Crippen molar-refractivity contribution in [3.05, 3.63) is 70.9 Å². The molecule has 1 unspecified atom stereocenters. The summed E-state index contributed by atoms with van der Waals surface area (Å²) in [6, 6.07) is 11.4. The van der Waals surface area contributed by atoms with E-state index in [-0.39, 0.29) is 10.6 Å². The van der Waals surface area contributed by atoms with Crippen LogP contribution in [0.2, 0.25) is 5.02 Å². The van der Waals surface area contributed by atoms with Crippen molar-refractivity contribution < 1.29 is 13.5 Å². The highest BCUT2D eigenvalue weighted by atomic mass is 35.5. The molecule has 3 rings (SSSR count). The number of aromatic nitrogens is 1. The minimum atomic E-state index is -0.841. The smallest absolute Gasteiger partial charge is 0.151 e. The molecule has 1 atom stereocenters. The van der Waals surface area contributed by atoms with E-state index < -0.39 is 17.7 Å². The van der Waals surface area contributed by atoms with E-state index >= 15 is 0 Å². The first-order chi connectivity index (χ1) is 10.6. The molecule has 1 aromatic heterocycles. The number of fused-ring (bicyclic) bond motifs is 1. The Morgan fingerprint density at radius 1 is 1.09 bits per heavy atom. The highest BCUT2D eigenvalue weighted by Crippen LogP contribution is 2.32. The summed E-state index contributed by atoms with van der Waals surface area (Å²) in [6.07, 6.45) is 0.798. The third-order valence-electron chi connectivity index (χ3n) is 3.39. The molecule has 2 nitrogen and oxygen atoms in total. The van der Waals surface area contributed by atoms with Gasteiger partial charge >= 0.3 is 0 Å². The lowest BCUT2D eigenvalue weighted by atomic mass is 10.1. The first-order valence-electron chi connectivity index (χ1n) is 6.71. The number of ether oxygens (including phenoxy) is 1. The van der Waals surface area contributed by atoms with E-state index in [0.29, 0.717) is 11.3 Å². The lowest BCUT2D eigenvalue weighted by Gasteiger charge is -2.17. The topological polar surface area (TPSA) is 22.1 Å². The van der Waals surface area contributed by atoms with Crippen molar-refractivity contribution in [2.45, 2.75) is 13.0 Å². The van der Waals surface area contributed by atoms with Crippen LogP contribution in [-0.4, -0.2) is 4.98 Å². The van der Waals surface area contributed by atoms with E-state index in [1.165, 1.54) is 6.07 Å². The molecular weight excluding hydrogens is 308 g/mol. The Balaban J connectivity index is 2.01. The summed E-state index contributed by atoms with van der Waals surface area (Å²) in [5.41, 5.74) is 0.445. The van der Waals surface area contributed by atoms with Gasteiger partial charge in [-0.15, -0.1) is 0 Å². The fourth-order valence-electron chi connectivity index (χ4n) is 2.34. The van der Waals surface area contributed by atoms with E-state index in [9.17, 15) is 8.78 Å². The van der Waals surface area contributed by atoms with Gasteiger partial charge in [0.05, 0.1) is 10.6 Å². The zero-order valence-electron chi connectivity index (χ0n) is 11.7. The quantitative estimate of drug-likeness (QED) is 0.611. The van der Waals surface area contributed by atoms with Crippen LogP contribution in [0.5, 0.6) is 5.75 Å². The average molecular weight is 320 g/mol. The first kappa shape index (κ1) is 14.7. The number of pyridine rings is 1. The molecule has 0 bridgehead atoms. The van der Waals surface area contributed by atoms with Crippen LogP contribution in [0.25, 0.3) is 10.9 Å². The molecule has 0 N–H and O–H groups in total. The lowest BCUT2D eigenvalue weighted by molar-refractivity contribution is 0.218. The molecule has 0 spiro atoms. The molecule has 0 aliphatic rings. The minimum Gasteiger partial charge on any atom is -0.484 e. The summed E-state index contributed by atoms with van der Waals surface area (Å²) >= 11 is 5.72. The second kappa shape index (κ2) is 5.89. The zero-order valence-corrected chi connectivity index (χ0v) is 12.4. The van der Waals surface area contributed by atoms with E-state index in [0.717, 1.165) is 11.5 Å². The van der Waals surface area contributed by atoms with Crippen LogP contribution in [0.15, 0.2) is 48.7 Å². The Morgan fingerprint density at radius 2 is 1.86 bits per heavy atom. The van der Waals surface area contributed by atoms with Crippen LogP contribution in [-0.2, 0) is 0 Å². The minimum absolute atomic E-state index is 0.136. The highest BCUT2D eigenvalue weighted by Gasteiger charge is 2.21. The molecule has 0 amide bonds. The van der Waals surface area contributed by atoms with Crippen LogP contribution in [0, 0.1) is 11.6 Å². The second-order valence-corrected chi connectivity index (χ2v) is 5.26. The molecule has 5 heteroatoms. The Kier molecular flexibility index (Phi) is 3.94. The van der Waals surface area contributed by atoms with Crippen LogP contribution < -0.4 is 4.74 Å². The standard InChI is InChI=1S/C17H12ClF2NO/c1-10(15-13(19)8-7-12(18)16(15)20)22-14-6-2-4-11-5-3-9-21-17(11)14/h2-10H,1H3. The van der Waals surface area contributed by atoms with Crippen molar-refractivity contribution in [1.29, 1.82) is 0 Å². The van der Waals surface area contributed by atoms with Gasteiger partial charge < -0.3 is 4.74 Å². The van der Waals surface area contributed by atoms with Gasteiger partial charge in [0.2, 0.25) is 0 Å². The SMILES string of the molecule is CC(Oc1cccc2cccnc12)c1c(F)ccc(Cl)c1F. The summed E-state index contributed by atoms with van der Waals surface area (Å²) in [5, 5.41) is 0.752. The Bertz CT molecular complexity index is 833. The van der Waals surface area contributed by atoms with E-state index in [4.69, 9.17) is 16.3 Å². The molecule has 0 saturated heterocycles. The first-order valence-corrected chi connectivity index (χ1v) is 7.09. The van der Waals surface area contributed by atoms with Crippen molar-refractivity contribution >= 4 is 22.5 Å². The van der Waals surface area contributed by atoms with E-state index in [2.05, 4.69) is 4.98 Å². The molecule has 22 heavy (non-hydrogen) atoms. The third kappa shape index (κ3) is 2.62. The van der Waals surface area contributed by atoms with Gasteiger partial charge in [-0.25, -0.2) is 8.78 Å². The number of benzene rings is 2. The summed E-state index contributed by atoms with van der Waals surface area (Å²) in [4.78, 5) is 4.25. The molecule has 112 valence electrons. The summed E-state index contributed by atoms with van der Waals surface area (Å²) in [7, 11) is 0. The number of hydrogen-bond acceptors (Lipinski definition) is 2. The van der Waals surface area contributed by atoms with Crippen LogP contribution >= 0.6 is 11.6 Å². The summed E-state index contributed by atoms with van der Waals surface area (Å²) in [6.45, 7) is 1.57. The van der Waals surface area contributed by atoms with Gasteiger partial charge in [0.25, 0.3) is 0 Å². The second-order valence-electron chi connectivity index (χ2n) is 4.85.